The van der Waals surface area contributed by atoms with E-state index >= 15 is 0 Å². The number of aromatic nitrogens is 2. The third-order valence-corrected chi connectivity index (χ3v) is 1.50. The van der Waals surface area contributed by atoms with Crippen molar-refractivity contribution in [2.75, 3.05) is 11.4 Å². The molecular weight excluding hydrogens is 154 g/mol. The number of hydrogen-bond donors (Lipinski definition) is 1. The van der Waals surface area contributed by atoms with Gasteiger partial charge in [-0.15, -0.1) is 0 Å². The van der Waals surface area contributed by atoms with E-state index in [2.05, 4.69) is 15.0 Å². The fourth-order valence-electron chi connectivity index (χ4n) is 0.943. The summed E-state index contributed by atoms with van der Waals surface area (Å²) in [5.41, 5.74) is 0. The summed E-state index contributed by atoms with van der Waals surface area (Å²) in [6.45, 7) is 0.415. The van der Waals surface area contributed by atoms with E-state index in [-0.39, 0.29) is 0 Å². The average Bonchev–Trinajstić information content (AvgIpc) is 2.53. The molecule has 1 aliphatic heterocycles. The van der Waals surface area contributed by atoms with Crippen molar-refractivity contribution >= 4 is 18.1 Å². The van der Waals surface area contributed by atoms with E-state index in [0.29, 0.717) is 18.3 Å². The van der Waals surface area contributed by atoms with Crippen LogP contribution in [0.4, 0.5) is 5.95 Å². The van der Waals surface area contributed by atoms with Crippen molar-refractivity contribution in [3.8, 4) is 0 Å². The SMILES string of the molecule is N=C1CN=CN1c1ncccn1. The second-order valence-electron chi connectivity index (χ2n) is 2.32. The Balaban J connectivity index is 2.31. The lowest BCUT2D eigenvalue weighted by Crippen LogP contribution is -2.26. The third kappa shape index (κ3) is 1.05. The minimum absolute atomic E-state index is 0.404. The Kier molecular flexibility index (Phi) is 1.55. The molecule has 2 heterocycles. The Morgan fingerprint density at radius 1 is 1.33 bits per heavy atom. The number of nitrogens with zero attached hydrogens (tertiary/aromatic N) is 4. The van der Waals surface area contributed by atoms with Gasteiger partial charge in [0, 0.05) is 12.4 Å². The molecule has 1 N–H and O–H groups in total. The van der Waals surface area contributed by atoms with Crippen LogP contribution in [0.1, 0.15) is 0 Å². The number of amidine groups is 1. The summed E-state index contributed by atoms with van der Waals surface area (Å²) in [5, 5.41) is 7.46. The van der Waals surface area contributed by atoms with Gasteiger partial charge in [-0.2, -0.15) is 0 Å². The molecule has 0 radical (unpaired) electrons. The van der Waals surface area contributed by atoms with Crippen LogP contribution in [-0.4, -0.2) is 28.7 Å². The van der Waals surface area contributed by atoms with E-state index in [1.165, 1.54) is 0 Å². The summed E-state index contributed by atoms with van der Waals surface area (Å²) in [4.78, 5) is 13.5. The Bertz CT molecular complexity index is 318. The van der Waals surface area contributed by atoms with Crippen molar-refractivity contribution in [1.29, 1.82) is 5.41 Å². The Morgan fingerprint density at radius 3 is 2.67 bits per heavy atom. The molecule has 0 atom stereocenters. The van der Waals surface area contributed by atoms with Crippen LogP contribution in [0.2, 0.25) is 0 Å². The maximum absolute atomic E-state index is 7.46. The zero-order valence-electron chi connectivity index (χ0n) is 6.31. The molecule has 0 saturated carbocycles. The van der Waals surface area contributed by atoms with Gasteiger partial charge in [0.05, 0.1) is 12.9 Å². The maximum Gasteiger partial charge on any atom is 0.236 e. The minimum Gasteiger partial charge on any atom is -0.286 e. The van der Waals surface area contributed by atoms with Crippen molar-refractivity contribution in [3.05, 3.63) is 18.5 Å². The topological polar surface area (TPSA) is 65.2 Å². The Labute approximate surface area is 69.3 Å². The second-order valence-corrected chi connectivity index (χ2v) is 2.32. The summed E-state index contributed by atoms with van der Waals surface area (Å²) in [6.07, 6.45) is 4.85. The predicted molar refractivity (Wildman–Crippen MR) is 45.6 cm³/mol. The first kappa shape index (κ1) is 6.90. The highest BCUT2D eigenvalue weighted by Gasteiger charge is 2.15. The zero-order chi connectivity index (χ0) is 8.39. The molecule has 0 unspecified atom stereocenters. The molecule has 5 heteroatoms. The summed E-state index contributed by atoms with van der Waals surface area (Å²) in [7, 11) is 0. The molecule has 0 fully saturated rings. The van der Waals surface area contributed by atoms with E-state index in [4.69, 9.17) is 5.41 Å². The van der Waals surface area contributed by atoms with Crippen LogP contribution in [0.3, 0.4) is 0 Å². The highest BCUT2D eigenvalue weighted by atomic mass is 15.3. The van der Waals surface area contributed by atoms with Gasteiger partial charge in [0.15, 0.2) is 0 Å². The molecule has 0 saturated heterocycles. The smallest absolute Gasteiger partial charge is 0.236 e. The number of hydrogen-bond acceptors (Lipinski definition) is 4. The van der Waals surface area contributed by atoms with Gasteiger partial charge in [-0.1, -0.05) is 0 Å². The van der Waals surface area contributed by atoms with Crippen LogP contribution in [0.5, 0.6) is 0 Å². The molecule has 1 aromatic rings. The molecule has 60 valence electrons. The van der Waals surface area contributed by atoms with Crippen LogP contribution < -0.4 is 4.90 Å². The van der Waals surface area contributed by atoms with Crippen LogP contribution >= 0.6 is 0 Å². The second kappa shape index (κ2) is 2.69. The normalized spacial score (nSPS) is 15.7. The summed E-state index contributed by atoms with van der Waals surface area (Å²) < 4.78 is 0. The van der Waals surface area contributed by atoms with Crippen molar-refractivity contribution < 1.29 is 0 Å². The largest absolute Gasteiger partial charge is 0.286 e. The summed E-state index contributed by atoms with van der Waals surface area (Å²) >= 11 is 0. The first-order chi connectivity index (χ1) is 5.88. The number of rotatable bonds is 1. The van der Waals surface area contributed by atoms with Gasteiger partial charge in [0.2, 0.25) is 5.95 Å². The van der Waals surface area contributed by atoms with Crippen molar-refractivity contribution in [2.24, 2.45) is 4.99 Å². The molecule has 1 aromatic heterocycles. The Hall–Kier alpha value is -1.78. The molecule has 0 amide bonds. The molecule has 5 nitrogen and oxygen atoms in total. The van der Waals surface area contributed by atoms with E-state index in [1.807, 2.05) is 0 Å². The van der Waals surface area contributed by atoms with Gasteiger partial charge >= 0.3 is 0 Å². The number of aliphatic imine (C=N–C) groups is 1. The van der Waals surface area contributed by atoms with Crippen molar-refractivity contribution in [3.63, 3.8) is 0 Å². The molecule has 12 heavy (non-hydrogen) atoms. The Morgan fingerprint density at radius 2 is 2.08 bits per heavy atom. The number of anilines is 1. The molecule has 1 aliphatic rings. The monoisotopic (exact) mass is 161 g/mol. The van der Waals surface area contributed by atoms with Gasteiger partial charge in [-0.05, 0) is 6.07 Å². The fraction of sp³-hybridized carbons (Fsp3) is 0.143. The van der Waals surface area contributed by atoms with Gasteiger partial charge in [-0.25, -0.2) is 9.97 Å². The lowest BCUT2D eigenvalue weighted by atomic mass is 10.5. The molecule has 0 bridgehead atoms. The average molecular weight is 161 g/mol. The maximum atomic E-state index is 7.46. The summed E-state index contributed by atoms with van der Waals surface area (Å²) in [6, 6.07) is 1.74. The standard InChI is InChI=1S/C7H7N5/c8-6-4-9-5-12(6)7-10-2-1-3-11-7/h1-3,5,8H,4H2. The zero-order valence-corrected chi connectivity index (χ0v) is 6.31. The van der Waals surface area contributed by atoms with E-state index < -0.39 is 0 Å². The van der Waals surface area contributed by atoms with Crippen LogP contribution in [0, 0.1) is 5.41 Å². The predicted octanol–water partition coefficient (Wildman–Crippen LogP) is 0.302. The van der Waals surface area contributed by atoms with Crippen LogP contribution in [0.25, 0.3) is 0 Å². The van der Waals surface area contributed by atoms with Gasteiger partial charge in [0.25, 0.3) is 0 Å². The van der Waals surface area contributed by atoms with Crippen molar-refractivity contribution in [1.82, 2.24) is 9.97 Å². The third-order valence-electron chi connectivity index (χ3n) is 1.50. The summed E-state index contributed by atoms with van der Waals surface area (Å²) in [5.74, 6) is 0.907. The van der Waals surface area contributed by atoms with E-state index in [1.54, 1.807) is 29.7 Å². The molecule has 2 rings (SSSR count). The van der Waals surface area contributed by atoms with Crippen LogP contribution in [-0.2, 0) is 0 Å². The van der Waals surface area contributed by atoms with Crippen LogP contribution in [0.15, 0.2) is 23.5 Å². The minimum atomic E-state index is 0.404. The molecule has 0 aliphatic carbocycles. The lowest BCUT2D eigenvalue weighted by Gasteiger charge is -2.09. The highest BCUT2D eigenvalue weighted by Crippen LogP contribution is 2.06. The first-order valence-corrected chi connectivity index (χ1v) is 3.51. The lowest BCUT2D eigenvalue weighted by molar-refractivity contribution is 1.12. The number of nitrogens with one attached hydrogen (secondary N) is 1. The van der Waals surface area contributed by atoms with Crippen molar-refractivity contribution in [2.45, 2.75) is 0 Å². The van der Waals surface area contributed by atoms with E-state index in [9.17, 15) is 0 Å². The first-order valence-electron chi connectivity index (χ1n) is 3.51. The molecular formula is C7H7N5. The quantitative estimate of drug-likeness (QED) is 0.644. The van der Waals surface area contributed by atoms with Gasteiger partial charge in [0.1, 0.15) is 5.84 Å². The van der Waals surface area contributed by atoms with E-state index in [0.717, 1.165) is 0 Å². The highest BCUT2D eigenvalue weighted by molar-refractivity contribution is 6.13. The van der Waals surface area contributed by atoms with Gasteiger partial charge < -0.3 is 0 Å². The van der Waals surface area contributed by atoms with Gasteiger partial charge in [-0.3, -0.25) is 15.3 Å². The fourth-order valence-corrected chi connectivity index (χ4v) is 0.943. The molecule has 0 aromatic carbocycles. The molecule has 0 spiro atoms.